The van der Waals surface area contributed by atoms with Crippen LogP contribution in [-0.4, -0.2) is 47.5 Å². The number of azide groups is 1. The number of thiophene rings is 1. The van der Waals surface area contributed by atoms with E-state index >= 15 is 0 Å². The molecule has 1 amide bonds. The Morgan fingerprint density at radius 2 is 2.05 bits per heavy atom. The van der Waals surface area contributed by atoms with Crippen molar-refractivity contribution in [2.75, 3.05) is 13.7 Å². The maximum absolute atomic E-state index is 13.8. The van der Waals surface area contributed by atoms with Crippen LogP contribution in [0.1, 0.15) is 51.1 Å². The monoisotopic (exact) mass is 555 g/mol. The molecule has 0 saturated carbocycles. The standard InChI is InChI=1S/C26H26ClN5O5S/c1-3-4-12-37-25(34)19-9-8-17(14-20(19)27)16-32(24(33)23-21(30-31-28)10-13-38-23)22(26(35)36-2)15-18-7-5-6-11-29-18/h5-11,13-14,22H,3-4,12,15-16H2,1-2H3. The Morgan fingerprint density at radius 3 is 2.71 bits per heavy atom. The second-order valence-electron chi connectivity index (χ2n) is 8.13. The summed E-state index contributed by atoms with van der Waals surface area (Å²) in [7, 11) is 1.24. The summed E-state index contributed by atoms with van der Waals surface area (Å²) in [5, 5.41) is 5.38. The molecule has 0 N–H and O–H groups in total. The second-order valence-corrected chi connectivity index (χ2v) is 9.45. The zero-order valence-electron chi connectivity index (χ0n) is 20.9. The SMILES string of the molecule is CCCCOC(=O)c1ccc(CN(C(=O)c2sccc2N=[N+]=[N-])C(Cc2ccccn2)C(=O)OC)cc1Cl. The molecule has 2 aromatic heterocycles. The van der Waals surface area contributed by atoms with E-state index in [9.17, 15) is 14.4 Å². The number of benzene rings is 1. The zero-order valence-corrected chi connectivity index (χ0v) is 22.4. The van der Waals surface area contributed by atoms with E-state index in [1.54, 1.807) is 41.9 Å². The topological polar surface area (TPSA) is 135 Å². The lowest BCUT2D eigenvalue weighted by molar-refractivity contribution is -0.146. The van der Waals surface area contributed by atoms with Crippen molar-refractivity contribution in [3.63, 3.8) is 0 Å². The van der Waals surface area contributed by atoms with Gasteiger partial charge in [-0.2, -0.15) is 0 Å². The van der Waals surface area contributed by atoms with Crippen molar-refractivity contribution < 1.29 is 23.9 Å². The van der Waals surface area contributed by atoms with E-state index in [4.69, 9.17) is 26.6 Å². The molecule has 3 aromatic rings. The van der Waals surface area contributed by atoms with E-state index in [0.29, 0.717) is 17.9 Å². The molecule has 3 rings (SSSR count). The molecule has 0 radical (unpaired) electrons. The van der Waals surface area contributed by atoms with Gasteiger partial charge in [0.05, 0.1) is 30.0 Å². The van der Waals surface area contributed by atoms with Crippen LogP contribution in [0.4, 0.5) is 5.69 Å². The molecule has 0 fully saturated rings. The predicted molar refractivity (Wildman–Crippen MR) is 143 cm³/mol. The van der Waals surface area contributed by atoms with Gasteiger partial charge in [-0.1, -0.05) is 42.2 Å². The van der Waals surface area contributed by atoms with E-state index in [0.717, 1.165) is 24.2 Å². The van der Waals surface area contributed by atoms with Gasteiger partial charge in [-0.15, -0.1) is 11.3 Å². The van der Waals surface area contributed by atoms with Gasteiger partial charge in [-0.3, -0.25) is 9.78 Å². The number of aromatic nitrogens is 1. The summed E-state index contributed by atoms with van der Waals surface area (Å²) < 4.78 is 10.3. The lowest BCUT2D eigenvalue weighted by Crippen LogP contribution is -2.46. The Bertz CT molecular complexity index is 1330. The van der Waals surface area contributed by atoms with Crippen molar-refractivity contribution in [2.45, 2.75) is 38.8 Å². The van der Waals surface area contributed by atoms with Crippen molar-refractivity contribution in [3.8, 4) is 0 Å². The number of unbranched alkanes of at least 4 members (excludes halogenated alkanes) is 1. The van der Waals surface area contributed by atoms with Crippen LogP contribution in [-0.2, 0) is 27.2 Å². The number of nitrogens with zero attached hydrogens (tertiary/aromatic N) is 5. The molecule has 12 heteroatoms. The number of rotatable bonds is 12. The van der Waals surface area contributed by atoms with Crippen LogP contribution >= 0.6 is 22.9 Å². The molecule has 0 saturated heterocycles. The van der Waals surface area contributed by atoms with Gasteiger partial charge in [0.15, 0.2) is 0 Å². The first-order chi connectivity index (χ1) is 18.4. The first kappa shape index (κ1) is 28.6. The number of esters is 2. The molecule has 0 aliphatic carbocycles. The summed E-state index contributed by atoms with van der Waals surface area (Å²) in [6.45, 7) is 2.23. The van der Waals surface area contributed by atoms with E-state index in [1.807, 2.05) is 6.92 Å². The fourth-order valence-corrected chi connectivity index (χ4v) is 4.68. The van der Waals surface area contributed by atoms with Crippen LogP contribution in [0.3, 0.4) is 0 Å². The molecule has 0 aliphatic heterocycles. The number of carbonyl (C=O) groups excluding carboxylic acids is 3. The molecular formula is C26H26ClN5O5S. The first-order valence-electron chi connectivity index (χ1n) is 11.8. The minimum absolute atomic E-state index is 0.0517. The maximum Gasteiger partial charge on any atom is 0.339 e. The summed E-state index contributed by atoms with van der Waals surface area (Å²) >= 11 is 7.49. The average Bonchev–Trinajstić information content (AvgIpc) is 3.39. The lowest BCUT2D eigenvalue weighted by Gasteiger charge is -2.30. The second kappa shape index (κ2) is 14.1. The molecule has 1 unspecified atom stereocenters. The summed E-state index contributed by atoms with van der Waals surface area (Å²) in [6.07, 6.45) is 3.30. The molecule has 1 aromatic carbocycles. The zero-order chi connectivity index (χ0) is 27.5. The summed E-state index contributed by atoms with van der Waals surface area (Å²) in [6, 6.07) is 10.4. The Balaban J connectivity index is 1.99. The van der Waals surface area contributed by atoms with Gasteiger partial charge in [-0.05, 0) is 53.2 Å². The Morgan fingerprint density at radius 1 is 1.24 bits per heavy atom. The number of ether oxygens (including phenoxy) is 2. The lowest BCUT2D eigenvalue weighted by atomic mass is 10.1. The average molecular weight is 556 g/mol. The third-order valence-corrected chi connectivity index (χ3v) is 6.77. The number of pyridine rings is 1. The smallest absolute Gasteiger partial charge is 0.339 e. The molecule has 1 atom stereocenters. The van der Waals surface area contributed by atoms with Crippen LogP contribution < -0.4 is 0 Å². The van der Waals surface area contributed by atoms with Crippen LogP contribution in [0.5, 0.6) is 0 Å². The van der Waals surface area contributed by atoms with Crippen LogP contribution in [0.15, 0.2) is 59.2 Å². The number of halogens is 1. The molecule has 198 valence electrons. The van der Waals surface area contributed by atoms with Gasteiger partial charge in [0.25, 0.3) is 5.91 Å². The van der Waals surface area contributed by atoms with Crippen LogP contribution in [0.2, 0.25) is 5.02 Å². The van der Waals surface area contributed by atoms with Crippen molar-refractivity contribution >= 4 is 46.5 Å². The van der Waals surface area contributed by atoms with Gasteiger partial charge in [0.1, 0.15) is 10.9 Å². The van der Waals surface area contributed by atoms with E-state index in [-0.39, 0.29) is 34.1 Å². The van der Waals surface area contributed by atoms with E-state index in [2.05, 4.69) is 15.0 Å². The Kier molecular flexibility index (Phi) is 10.7. The molecule has 2 heterocycles. The largest absolute Gasteiger partial charge is 0.467 e. The van der Waals surface area contributed by atoms with Gasteiger partial charge < -0.3 is 14.4 Å². The number of hydrogen-bond donors (Lipinski definition) is 0. The number of carbonyl (C=O) groups is 3. The molecule has 0 spiro atoms. The fraction of sp³-hybridized carbons (Fsp3) is 0.308. The van der Waals surface area contributed by atoms with Crippen molar-refractivity contribution in [1.29, 1.82) is 0 Å². The maximum atomic E-state index is 13.8. The molecule has 0 aliphatic rings. The highest BCUT2D eigenvalue weighted by Crippen LogP contribution is 2.30. The summed E-state index contributed by atoms with van der Waals surface area (Å²) in [4.78, 5) is 47.7. The molecule has 0 bridgehead atoms. The van der Waals surface area contributed by atoms with Crippen molar-refractivity contribution in [3.05, 3.63) is 91.2 Å². The minimum atomic E-state index is -1.05. The Hall–Kier alpha value is -3.92. The van der Waals surface area contributed by atoms with Crippen molar-refractivity contribution in [2.24, 2.45) is 5.11 Å². The van der Waals surface area contributed by atoms with Gasteiger partial charge in [0.2, 0.25) is 0 Å². The van der Waals surface area contributed by atoms with Crippen LogP contribution in [0.25, 0.3) is 10.4 Å². The molecule has 38 heavy (non-hydrogen) atoms. The highest BCUT2D eigenvalue weighted by molar-refractivity contribution is 7.12. The highest BCUT2D eigenvalue weighted by atomic mass is 35.5. The highest BCUT2D eigenvalue weighted by Gasteiger charge is 2.33. The minimum Gasteiger partial charge on any atom is -0.467 e. The normalized spacial score (nSPS) is 11.2. The van der Waals surface area contributed by atoms with E-state index < -0.39 is 23.9 Å². The van der Waals surface area contributed by atoms with Crippen LogP contribution in [0, 0.1) is 0 Å². The van der Waals surface area contributed by atoms with Gasteiger partial charge in [-0.25, -0.2) is 9.59 Å². The summed E-state index contributed by atoms with van der Waals surface area (Å²) in [5.74, 6) is -1.72. The first-order valence-corrected chi connectivity index (χ1v) is 13.0. The van der Waals surface area contributed by atoms with E-state index in [1.165, 1.54) is 24.1 Å². The third-order valence-electron chi connectivity index (χ3n) is 5.57. The predicted octanol–water partition coefficient (Wildman–Crippen LogP) is 6.12. The summed E-state index contributed by atoms with van der Waals surface area (Å²) in [5.41, 5.74) is 10.4. The fourth-order valence-electron chi connectivity index (χ4n) is 3.62. The third kappa shape index (κ3) is 7.32. The number of methoxy groups -OCH3 is 1. The van der Waals surface area contributed by atoms with Crippen molar-refractivity contribution in [1.82, 2.24) is 9.88 Å². The Labute approximate surface area is 228 Å². The number of hydrogen-bond acceptors (Lipinski definition) is 8. The quantitative estimate of drug-likeness (QED) is 0.0868. The molecule has 10 nitrogen and oxygen atoms in total. The van der Waals surface area contributed by atoms with Gasteiger partial charge >= 0.3 is 11.9 Å². The van der Waals surface area contributed by atoms with Gasteiger partial charge in [0, 0.05) is 29.8 Å². The number of amides is 1. The molecular weight excluding hydrogens is 530 g/mol.